The number of rotatable bonds is 5. The molecule has 0 radical (unpaired) electrons. The molecule has 3 heterocycles. The Morgan fingerprint density at radius 2 is 2.21 bits per heavy atom. The largest absolute Gasteiger partial charge is 0.337 e. The summed E-state index contributed by atoms with van der Waals surface area (Å²) in [7, 11) is 0. The Bertz CT molecular complexity index is 796. The van der Waals surface area contributed by atoms with Gasteiger partial charge >= 0.3 is 6.03 Å². The average molecular weight is 342 g/mol. The van der Waals surface area contributed by atoms with Crippen LogP contribution in [0.3, 0.4) is 0 Å². The van der Waals surface area contributed by atoms with Crippen LogP contribution in [0.5, 0.6) is 0 Å². The molecule has 3 aromatic rings. The Hall–Kier alpha value is -2.74. The number of amides is 2. The van der Waals surface area contributed by atoms with Crippen LogP contribution in [0.25, 0.3) is 5.82 Å². The van der Waals surface area contributed by atoms with Gasteiger partial charge in [-0.3, -0.25) is 0 Å². The van der Waals surface area contributed by atoms with Crippen molar-refractivity contribution < 1.29 is 4.79 Å². The van der Waals surface area contributed by atoms with E-state index < -0.39 is 0 Å². The zero-order valence-electron chi connectivity index (χ0n) is 13.4. The number of carbonyl (C=O) groups is 1. The highest BCUT2D eigenvalue weighted by Gasteiger charge is 2.11. The summed E-state index contributed by atoms with van der Waals surface area (Å²) >= 11 is 1.65. The topological polar surface area (TPSA) is 84.7 Å². The van der Waals surface area contributed by atoms with Gasteiger partial charge < -0.3 is 10.6 Å². The predicted octanol–water partition coefficient (Wildman–Crippen LogP) is 2.96. The molecule has 3 aromatic heterocycles. The van der Waals surface area contributed by atoms with Gasteiger partial charge in [-0.15, -0.1) is 11.3 Å². The molecule has 24 heavy (non-hydrogen) atoms. The van der Waals surface area contributed by atoms with Crippen molar-refractivity contribution in [1.82, 2.24) is 25.1 Å². The van der Waals surface area contributed by atoms with Crippen LogP contribution in [0, 0.1) is 6.92 Å². The third kappa shape index (κ3) is 3.96. The van der Waals surface area contributed by atoms with Gasteiger partial charge in [-0.1, -0.05) is 6.92 Å². The summed E-state index contributed by atoms with van der Waals surface area (Å²) in [5, 5.41) is 10.8. The lowest BCUT2D eigenvalue weighted by molar-refractivity contribution is 0.251. The molecule has 0 aromatic carbocycles. The van der Waals surface area contributed by atoms with E-state index in [1.165, 1.54) is 4.88 Å². The summed E-state index contributed by atoms with van der Waals surface area (Å²) in [6.07, 6.45) is 6.95. The van der Waals surface area contributed by atoms with Crippen LogP contribution in [0.2, 0.25) is 0 Å². The first-order chi connectivity index (χ1) is 11.6. The quantitative estimate of drug-likeness (QED) is 0.746. The minimum Gasteiger partial charge on any atom is -0.337 e. The molecule has 0 aliphatic heterocycles. The number of anilines is 1. The summed E-state index contributed by atoms with van der Waals surface area (Å²) in [5.74, 6) is 0.869. The lowest BCUT2D eigenvalue weighted by Crippen LogP contribution is -2.31. The Balaban J connectivity index is 1.51. The summed E-state index contributed by atoms with van der Waals surface area (Å²) in [6.45, 7) is 4.59. The van der Waals surface area contributed by atoms with Crippen molar-refractivity contribution in [2.45, 2.75) is 19.8 Å². The van der Waals surface area contributed by atoms with Crippen LogP contribution in [0.4, 0.5) is 10.5 Å². The summed E-state index contributed by atoms with van der Waals surface area (Å²) < 4.78 is 1.65. The Morgan fingerprint density at radius 3 is 2.83 bits per heavy atom. The molecule has 0 saturated carbocycles. The third-order valence-corrected chi connectivity index (χ3v) is 4.52. The SMILES string of the molecule is Cc1cnc([C@H](C)CNC(=O)Nc2ccc(-n3cccn3)nc2)s1. The van der Waals surface area contributed by atoms with Crippen LogP contribution in [-0.4, -0.2) is 32.3 Å². The minimum absolute atomic E-state index is 0.176. The molecular formula is C16H18N6OS. The lowest BCUT2D eigenvalue weighted by atomic mass is 10.2. The number of nitrogens with one attached hydrogen (secondary N) is 2. The van der Waals surface area contributed by atoms with Crippen molar-refractivity contribution in [3.05, 3.63) is 52.9 Å². The maximum atomic E-state index is 12.0. The van der Waals surface area contributed by atoms with Gasteiger partial charge in [-0.25, -0.2) is 19.4 Å². The van der Waals surface area contributed by atoms with Crippen LogP contribution >= 0.6 is 11.3 Å². The van der Waals surface area contributed by atoms with Crippen molar-refractivity contribution in [1.29, 1.82) is 0 Å². The molecule has 0 aliphatic rings. The molecule has 0 spiro atoms. The van der Waals surface area contributed by atoms with Crippen molar-refractivity contribution in [3.63, 3.8) is 0 Å². The fraction of sp³-hybridized carbons (Fsp3) is 0.250. The van der Waals surface area contributed by atoms with E-state index in [4.69, 9.17) is 0 Å². The van der Waals surface area contributed by atoms with Gasteiger partial charge in [0.2, 0.25) is 0 Å². The van der Waals surface area contributed by atoms with Gasteiger partial charge in [-0.2, -0.15) is 5.10 Å². The van der Waals surface area contributed by atoms with Gasteiger partial charge in [0.15, 0.2) is 5.82 Å². The zero-order chi connectivity index (χ0) is 16.9. The normalized spacial score (nSPS) is 11.9. The Morgan fingerprint density at radius 1 is 1.33 bits per heavy atom. The number of urea groups is 1. The van der Waals surface area contributed by atoms with Gasteiger partial charge in [0.1, 0.15) is 0 Å². The smallest absolute Gasteiger partial charge is 0.319 e. The molecule has 0 fully saturated rings. The van der Waals surface area contributed by atoms with E-state index in [9.17, 15) is 4.79 Å². The van der Waals surface area contributed by atoms with E-state index >= 15 is 0 Å². The fourth-order valence-corrected chi connectivity index (χ4v) is 2.93. The van der Waals surface area contributed by atoms with Gasteiger partial charge in [0, 0.05) is 35.9 Å². The van der Waals surface area contributed by atoms with Crippen molar-refractivity contribution in [2.24, 2.45) is 0 Å². The number of aromatic nitrogens is 4. The van der Waals surface area contributed by atoms with Crippen molar-refractivity contribution in [3.8, 4) is 5.82 Å². The first-order valence-corrected chi connectivity index (χ1v) is 8.37. The van der Waals surface area contributed by atoms with Gasteiger partial charge in [0.25, 0.3) is 0 Å². The molecule has 8 heteroatoms. The number of pyridine rings is 1. The van der Waals surface area contributed by atoms with E-state index in [1.54, 1.807) is 40.5 Å². The number of hydrogen-bond acceptors (Lipinski definition) is 5. The summed E-state index contributed by atoms with van der Waals surface area (Å²) in [5.41, 5.74) is 0.626. The maximum Gasteiger partial charge on any atom is 0.319 e. The third-order valence-electron chi connectivity index (χ3n) is 3.37. The molecular weight excluding hydrogens is 324 g/mol. The molecule has 3 rings (SSSR count). The number of nitrogens with zero attached hydrogens (tertiary/aromatic N) is 4. The first-order valence-electron chi connectivity index (χ1n) is 7.55. The molecule has 0 bridgehead atoms. The second-order valence-corrected chi connectivity index (χ2v) is 6.67. The van der Waals surface area contributed by atoms with Crippen LogP contribution in [-0.2, 0) is 0 Å². The van der Waals surface area contributed by atoms with Crippen LogP contribution in [0.15, 0.2) is 43.0 Å². The van der Waals surface area contributed by atoms with Gasteiger partial charge in [-0.05, 0) is 25.1 Å². The highest BCUT2D eigenvalue weighted by molar-refractivity contribution is 7.11. The van der Waals surface area contributed by atoms with Crippen molar-refractivity contribution >= 4 is 23.1 Å². The molecule has 0 saturated heterocycles. The molecule has 1 atom stereocenters. The van der Waals surface area contributed by atoms with Crippen LogP contribution < -0.4 is 10.6 Å². The number of aryl methyl sites for hydroxylation is 1. The molecule has 0 aliphatic carbocycles. The number of thiazole rings is 1. The molecule has 2 N–H and O–H groups in total. The molecule has 0 unspecified atom stereocenters. The number of hydrogen-bond donors (Lipinski definition) is 2. The monoisotopic (exact) mass is 342 g/mol. The standard InChI is InChI=1S/C16H18N6OS/c1-11(15-18-9-12(2)24-15)8-19-16(23)21-13-4-5-14(17-10-13)22-7-3-6-20-22/h3-7,9-11H,8H2,1-2H3,(H2,19,21,23)/t11-/m1/s1. The average Bonchev–Trinajstić information content (AvgIpc) is 3.25. The highest BCUT2D eigenvalue weighted by atomic mass is 32.1. The molecule has 124 valence electrons. The lowest BCUT2D eigenvalue weighted by Gasteiger charge is -2.11. The summed E-state index contributed by atoms with van der Waals surface area (Å²) in [6, 6.07) is 5.15. The van der Waals surface area contributed by atoms with E-state index in [2.05, 4.69) is 25.7 Å². The van der Waals surface area contributed by atoms with Crippen molar-refractivity contribution in [2.75, 3.05) is 11.9 Å². The van der Waals surface area contributed by atoms with E-state index in [0.717, 1.165) is 5.01 Å². The zero-order valence-corrected chi connectivity index (χ0v) is 14.2. The number of carbonyl (C=O) groups excluding carboxylic acids is 1. The Labute approximate surface area is 143 Å². The second-order valence-electron chi connectivity index (χ2n) is 5.40. The minimum atomic E-state index is -0.260. The van der Waals surface area contributed by atoms with E-state index in [0.29, 0.717) is 18.1 Å². The van der Waals surface area contributed by atoms with Crippen LogP contribution in [0.1, 0.15) is 22.7 Å². The van der Waals surface area contributed by atoms with E-state index in [-0.39, 0.29) is 11.9 Å². The summed E-state index contributed by atoms with van der Waals surface area (Å²) in [4.78, 5) is 21.8. The van der Waals surface area contributed by atoms with E-state index in [1.807, 2.05) is 32.3 Å². The predicted molar refractivity (Wildman–Crippen MR) is 93.6 cm³/mol. The highest BCUT2D eigenvalue weighted by Crippen LogP contribution is 2.20. The second kappa shape index (κ2) is 7.22. The maximum absolute atomic E-state index is 12.0. The molecule has 2 amide bonds. The van der Waals surface area contributed by atoms with Gasteiger partial charge in [0.05, 0.1) is 16.9 Å². The first kappa shape index (κ1) is 16.1. The fourth-order valence-electron chi connectivity index (χ4n) is 2.11. The Kier molecular flexibility index (Phi) is 4.85. The molecule has 7 nitrogen and oxygen atoms in total.